The van der Waals surface area contributed by atoms with E-state index in [-0.39, 0.29) is 6.04 Å². The maximum absolute atomic E-state index is 11.4. The molecule has 0 radical (unpaired) electrons. The van der Waals surface area contributed by atoms with Crippen LogP contribution in [0.4, 0.5) is 0 Å². The van der Waals surface area contributed by atoms with Crippen molar-refractivity contribution >= 4 is 0 Å². The Kier molecular flexibility index (Phi) is 35.9. The number of hydrogen-bond acceptors (Lipinski definition) is 2. The van der Waals surface area contributed by atoms with Crippen LogP contribution in [-0.4, -0.2) is 6.04 Å². The Morgan fingerprint density at radius 3 is 0.667 bits per heavy atom. The molecule has 2 nitrogen and oxygen atoms in total. The van der Waals surface area contributed by atoms with E-state index in [1.54, 1.807) is 0 Å². The maximum atomic E-state index is 11.4. The summed E-state index contributed by atoms with van der Waals surface area (Å²) < 4.78 is 0. The Bertz CT molecular complexity index is 376. The lowest BCUT2D eigenvalue weighted by atomic mass is 10.00. The molecular formula is C37H76NO-. The fraction of sp³-hybridized carbons (Fsp3) is 1.00. The monoisotopic (exact) mass is 551 g/mol. The second-order valence-electron chi connectivity index (χ2n) is 13.0. The lowest BCUT2D eigenvalue weighted by molar-refractivity contribution is 0.444. The van der Waals surface area contributed by atoms with Gasteiger partial charge in [-0.2, -0.15) is 0 Å². The van der Waals surface area contributed by atoms with Crippen LogP contribution in [0.2, 0.25) is 0 Å². The summed E-state index contributed by atoms with van der Waals surface area (Å²) in [4.78, 5) is 0. The van der Waals surface area contributed by atoms with Crippen LogP contribution in [0.15, 0.2) is 0 Å². The molecule has 39 heavy (non-hydrogen) atoms. The maximum Gasteiger partial charge on any atom is -0.00510 e. The van der Waals surface area contributed by atoms with Gasteiger partial charge in [0, 0.05) is 0 Å². The fourth-order valence-electron chi connectivity index (χ4n) is 6.14. The highest BCUT2D eigenvalue weighted by molar-refractivity contribution is 4.67. The Morgan fingerprint density at radius 2 is 0.487 bits per heavy atom. The summed E-state index contributed by atoms with van der Waals surface area (Å²) in [5, 5.41) is 11.4. The van der Waals surface area contributed by atoms with E-state index >= 15 is 0 Å². The van der Waals surface area contributed by atoms with Gasteiger partial charge >= 0.3 is 0 Å². The van der Waals surface area contributed by atoms with E-state index in [0.717, 1.165) is 12.8 Å². The van der Waals surface area contributed by atoms with Crippen molar-refractivity contribution in [1.29, 1.82) is 0 Å². The molecule has 0 amide bonds. The lowest BCUT2D eigenvalue weighted by Crippen LogP contribution is -2.23. The molecule has 0 bridgehead atoms. The topological polar surface area (TPSA) is 35.1 Å². The molecule has 0 aliphatic carbocycles. The number of hydrogen-bond donors (Lipinski definition) is 1. The lowest BCUT2D eigenvalue weighted by Gasteiger charge is -2.22. The molecule has 1 N–H and O–H groups in total. The summed E-state index contributed by atoms with van der Waals surface area (Å²) in [6.07, 6.45) is 47.3. The van der Waals surface area contributed by atoms with Gasteiger partial charge in [-0.1, -0.05) is 219 Å². The average molecular weight is 551 g/mol. The molecule has 0 aliphatic rings. The third-order valence-electron chi connectivity index (χ3n) is 8.98. The summed E-state index contributed by atoms with van der Waals surface area (Å²) in [6, 6.07) is 0.211. The first-order valence-corrected chi connectivity index (χ1v) is 18.7. The van der Waals surface area contributed by atoms with Gasteiger partial charge in [-0.3, -0.25) is 0 Å². The van der Waals surface area contributed by atoms with Crippen LogP contribution in [0.1, 0.15) is 232 Å². The highest BCUT2D eigenvalue weighted by Crippen LogP contribution is 2.17. The van der Waals surface area contributed by atoms with Crippen LogP contribution in [0.25, 0.3) is 0 Å². The van der Waals surface area contributed by atoms with Gasteiger partial charge in [0.1, 0.15) is 0 Å². The number of nitrogens with one attached hydrogen (secondary N) is 1. The minimum Gasteiger partial charge on any atom is -0.788 e. The fourth-order valence-corrected chi connectivity index (χ4v) is 6.14. The number of unbranched alkanes of at least 4 members (excludes halogenated alkanes) is 30. The zero-order valence-electron chi connectivity index (χ0n) is 27.5. The van der Waals surface area contributed by atoms with Crippen molar-refractivity contribution in [1.82, 2.24) is 5.48 Å². The van der Waals surface area contributed by atoms with E-state index in [1.165, 1.54) is 205 Å². The predicted octanol–water partition coefficient (Wildman–Crippen LogP) is 13.7. The predicted molar refractivity (Wildman–Crippen MR) is 179 cm³/mol. The van der Waals surface area contributed by atoms with E-state index in [2.05, 4.69) is 19.3 Å². The largest absolute Gasteiger partial charge is 0.788 e. The van der Waals surface area contributed by atoms with E-state index in [9.17, 15) is 5.21 Å². The van der Waals surface area contributed by atoms with Crippen molar-refractivity contribution in [2.24, 2.45) is 0 Å². The summed E-state index contributed by atoms with van der Waals surface area (Å²) in [6.45, 7) is 4.59. The van der Waals surface area contributed by atoms with Crippen LogP contribution in [0, 0.1) is 5.21 Å². The third-order valence-corrected chi connectivity index (χ3v) is 8.98. The van der Waals surface area contributed by atoms with E-state index in [4.69, 9.17) is 0 Å². The number of rotatable bonds is 35. The minimum atomic E-state index is 0.211. The van der Waals surface area contributed by atoms with E-state index in [1.807, 2.05) is 0 Å². The molecule has 0 aromatic heterocycles. The van der Waals surface area contributed by atoms with Crippen molar-refractivity contribution in [2.45, 2.75) is 238 Å². The first-order chi connectivity index (χ1) is 19.3. The molecule has 236 valence electrons. The van der Waals surface area contributed by atoms with Crippen LogP contribution in [0.5, 0.6) is 0 Å². The smallest absolute Gasteiger partial charge is 0.00510 e. The molecule has 2 heteroatoms. The standard InChI is InChI=1S/C37H76NO/c1-3-5-7-9-11-13-15-17-19-21-23-25-27-29-31-33-35-37(38-39)36-34-32-30-28-26-24-22-20-18-16-14-12-10-8-6-4-2/h37-38H,3-36H2,1-2H3/q-1. The van der Waals surface area contributed by atoms with Gasteiger partial charge in [0.15, 0.2) is 0 Å². The molecule has 0 unspecified atom stereocenters. The summed E-state index contributed by atoms with van der Waals surface area (Å²) in [5.41, 5.74) is 2.36. The Hall–Kier alpha value is -0.0800. The Balaban J connectivity index is 3.25. The number of hydroxylamine groups is 1. The second kappa shape index (κ2) is 35.9. The highest BCUT2D eigenvalue weighted by atomic mass is 16.5. The van der Waals surface area contributed by atoms with Gasteiger partial charge in [0.05, 0.1) is 0 Å². The average Bonchev–Trinajstić information content (AvgIpc) is 2.95. The SMILES string of the molecule is CCCCCCCCCCCCCCCCCCC(CCCCCCCCCCCCCCCCCC)N[O-]. The van der Waals surface area contributed by atoms with Crippen LogP contribution in [0.3, 0.4) is 0 Å². The van der Waals surface area contributed by atoms with Crippen molar-refractivity contribution < 1.29 is 0 Å². The van der Waals surface area contributed by atoms with Gasteiger partial charge in [-0.05, 0) is 18.9 Å². The van der Waals surface area contributed by atoms with Gasteiger partial charge in [-0.15, -0.1) is 0 Å². The van der Waals surface area contributed by atoms with Crippen LogP contribution < -0.4 is 5.48 Å². The first-order valence-electron chi connectivity index (χ1n) is 18.7. The molecule has 0 aromatic carbocycles. The molecule has 0 rings (SSSR count). The van der Waals surface area contributed by atoms with Crippen LogP contribution in [-0.2, 0) is 0 Å². The van der Waals surface area contributed by atoms with Crippen molar-refractivity contribution in [2.75, 3.05) is 0 Å². The molecular weight excluding hydrogens is 474 g/mol. The first kappa shape index (κ1) is 38.9. The molecule has 0 fully saturated rings. The summed E-state index contributed by atoms with van der Waals surface area (Å²) in [5.74, 6) is 0. The molecule has 0 spiro atoms. The Morgan fingerprint density at radius 1 is 0.308 bits per heavy atom. The quantitative estimate of drug-likeness (QED) is 0.0629. The Labute approximate surface area is 248 Å². The molecule has 0 saturated heterocycles. The second-order valence-corrected chi connectivity index (χ2v) is 13.0. The zero-order valence-corrected chi connectivity index (χ0v) is 27.5. The van der Waals surface area contributed by atoms with E-state index in [0.29, 0.717) is 0 Å². The van der Waals surface area contributed by atoms with Gasteiger partial charge < -0.3 is 10.7 Å². The van der Waals surface area contributed by atoms with Crippen LogP contribution >= 0.6 is 0 Å². The van der Waals surface area contributed by atoms with Crippen molar-refractivity contribution in [3.63, 3.8) is 0 Å². The zero-order chi connectivity index (χ0) is 28.3. The van der Waals surface area contributed by atoms with Crippen molar-refractivity contribution in [3.05, 3.63) is 5.21 Å². The molecule has 0 aromatic rings. The van der Waals surface area contributed by atoms with Gasteiger partial charge in [0.25, 0.3) is 0 Å². The molecule has 0 aliphatic heterocycles. The summed E-state index contributed by atoms with van der Waals surface area (Å²) >= 11 is 0. The summed E-state index contributed by atoms with van der Waals surface area (Å²) in [7, 11) is 0. The normalized spacial score (nSPS) is 11.7. The molecule has 0 saturated carbocycles. The molecule has 0 heterocycles. The van der Waals surface area contributed by atoms with E-state index < -0.39 is 0 Å². The van der Waals surface area contributed by atoms with Gasteiger partial charge in [-0.25, -0.2) is 0 Å². The van der Waals surface area contributed by atoms with Gasteiger partial charge in [0.2, 0.25) is 0 Å². The minimum absolute atomic E-state index is 0.211. The van der Waals surface area contributed by atoms with Crippen molar-refractivity contribution in [3.8, 4) is 0 Å². The third kappa shape index (κ3) is 34.0. The molecule has 0 atom stereocenters. The highest BCUT2D eigenvalue weighted by Gasteiger charge is 2.04.